The molecule has 4 nitrogen and oxygen atoms in total. The second kappa shape index (κ2) is 5.42. The summed E-state index contributed by atoms with van der Waals surface area (Å²) in [5.41, 5.74) is 4.13. The Morgan fingerprint density at radius 1 is 1.47 bits per heavy atom. The number of aromatic nitrogens is 2. The summed E-state index contributed by atoms with van der Waals surface area (Å²) in [6, 6.07) is 4.55. The maximum absolute atomic E-state index is 5.72. The zero-order valence-corrected chi connectivity index (χ0v) is 12.3. The third kappa shape index (κ3) is 2.57. The first-order chi connectivity index (χ1) is 9.30. The van der Waals surface area contributed by atoms with Crippen molar-refractivity contribution >= 4 is 32.1 Å². The Hall–Kier alpha value is -1.21. The van der Waals surface area contributed by atoms with Gasteiger partial charge in [-0.1, -0.05) is 0 Å². The molecule has 0 amide bonds. The van der Waals surface area contributed by atoms with Crippen LogP contribution in [0.3, 0.4) is 0 Å². The van der Waals surface area contributed by atoms with Gasteiger partial charge in [0.15, 0.2) is 0 Å². The fraction of sp³-hybridized carbons (Fsp3) is 0.308. The van der Waals surface area contributed by atoms with Crippen molar-refractivity contribution in [2.75, 3.05) is 0 Å². The number of hydrogen-bond acceptors (Lipinski definition) is 5. The minimum Gasteiger partial charge on any atom is -0.273 e. The van der Waals surface area contributed by atoms with Crippen LogP contribution in [0.1, 0.15) is 23.4 Å². The summed E-state index contributed by atoms with van der Waals surface area (Å²) in [5.74, 6) is 5.72. The molecule has 0 spiro atoms. The monoisotopic (exact) mass is 292 g/mol. The van der Waals surface area contributed by atoms with Crippen molar-refractivity contribution in [1.29, 1.82) is 0 Å². The van der Waals surface area contributed by atoms with Gasteiger partial charge in [-0.15, -0.1) is 22.7 Å². The van der Waals surface area contributed by atoms with Crippen LogP contribution in [0.5, 0.6) is 0 Å². The Labute approximate surface area is 119 Å². The molecule has 0 radical (unpaired) electrons. The third-order valence-electron chi connectivity index (χ3n) is 3.15. The van der Waals surface area contributed by atoms with E-state index in [-0.39, 0.29) is 6.04 Å². The number of nitrogens with one attached hydrogen (secondary N) is 1. The number of rotatable bonds is 5. The van der Waals surface area contributed by atoms with E-state index in [1.54, 1.807) is 11.3 Å². The van der Waals surface area contributed by atoms with Crippen molar-refractivity contribution in [3.05, 3.63) is 40.3 Å². The third-order valence-corrected chi connectivity index (χ3v) is 5.36. The summed E-state index contributed by atoms with van der Waals surface area (Å²) in [6.07, 6.45) is 4.87. The van der Waals surface area contributed by atoms with E-state index in [0.29, 0.717) is 0 Å². The fourth-order valence-corrected chi connectivity index (χ4v) is 4.30. The second-order valence-corrected chi connectivity index (χ2v) is 6.49. The Morgan fingerprint density at radius 2 is 2.37 bits per heavy atom. The maximum Gasteiger partial charge on any atom is 0.0595 e. The van der Waals surface area contributed by atoms with Crippen LogP contribution in [0.25, 0.3) is 9.40 Å². The van der Waals surface area contributed by atoms with Gasteiger partial charge in [-0.3, -0.25) is 16.0 Å². The van der Waals surface area contributed by atoms with E-state index in [1.807, 2.05) is 22.2 Å². The first kappa shape index (κ1) is 12.8. The van der Waals surface area contributed by atoms with Gasteiger partial charge in [0.2, 0.25) is 0 Å². The molecular formula is C13H16N4S2. The van der Waals surface area contributed by atoms with Crippen molar-refractivity contribution in [3.8, 4) is 0 Å². The maximum atomic E-state index is 5.72. The molecule has 0 aliphatic rings. The van der Waals surface area contributed by atoms with Crippen LogP contribution in [-0.4, -0.2) is 9.78 Å². The number of thiophene rings is 2. The molecule has 0 saturated heterocycles. The number of fused-ring (bicyclic) bond motifs is 1. The van der Waals surface area contributed by atoms with E-state index in [9.17, 15) is 0 Å². The molecule has 1 atom stereocenters. The molecule has 3 heterocycles. The molecule has 0 aliphatic carbocycles. The fourth-order valence-electron chi connectivity index (χ4n) is 2.12. The molecule has 3 N–H and O–H groups in total. The summed E-state index contributed by atoms with van der Waals surface area (Å²) in [5, 5.41) is 6.43. The minimum atomic E-state index is 0.152. The minimum absolute atomic E-state index is 0.152. The van der Waals surface area contributed by atoms with Crippen LogP contribution >= 0.6 is 22.7 Å². The SMILES string of the molecule is CCn1cc(CC(NN)c2cc3sccc3s2)cn1. The molecular weight excluding hydrogens is 276 g/mol. The lowest BCUT2D eigenvalue weighted by atomic mass is 10.1. The smallest absolute Gasteiger partial charge is 0.0595 e. The first-order valence-electron chi connectivity index (χ1n) is 6.24. The summed E-state index contributed by atoms with van der Waals surface area (Å²) in [7, 11) is 0. The zero-order chi connectivity index (χ0) is 13.2. The van der Waals surface area contributed by atoms with E-state index < -0.39 is 0 Å². The highest BCUT2D eigenvalue weighted by Gasteiger charge is 2.15. The Bertz CT molecular complexity index is 638. The lowest BCUT2D eigenvalue weighted by molar-refractivity contribution is 0.560. The van der Waals surface area contributed by atoms with Gasteiger partial charge < -0.3 is 0 Å². The second-order valence-electron chi connectivity index (χ2n) is 4.43. The van der Waals surface area contributed by atoms with Crippen molar-refractivity contribution < 1.29 is 0 Å². The zero-order valence-electron chi connectivity index (χ0n) is 10.7. The average Bonchev–Trinajstić information content (AvgIpc) is 3.10. The van der Waals surface area contributed by atoms with Crippen LogP contribution in [0.2, 0.25) is 0 Å². The van der Waals surface area contributed by atoms with E-state index >= 15 is 0 Å². The van der Waals surface area contributed by atoms with Gasteiger partial charge in [0.05, 0.1) is 12.2 Å². The van der Waals surface area contributed by atoms with Gasteiger partial charge in [-0.25, -0.2) is 0 Å². The van der Waals surface area contributed by atoms with Gasteiger partial charge in [0.1, 0.15) is 0 Å². The van der Waals surface area contributed by atoms with Gasteiger partial charge in [-0.05, 0) is 36.4 Å². The molecule has 0 fully saturated rings. The number of nitrogens with zero attached hydrogens (tertiary/aromatic N) is 2. The average molecular weight is 292 g/mol. The largest absolute Gasteiger partial charge is 0.273 e. The number of nitrogens with two attached hydrogens (primary N) is 1. The van der Waals surface area contributed by atoms with E-state index in [1.165, 1.54) is 19.8 Å². The molecule has 0 bridgehead atoms. The topological polar surface area (TPSA) is 55.9 Å². The molecule has 100 valence electrons. The number of aryl methyl sites for hydroxylation is 1. The molecule has 6 heteroatoms. The summed E-state index contributed by atoms with van der Waals surface area (Å²) < 4.78 is 4.62. The summed E-state index contributed by atoms with van der Waals surface area (Å²) >= 11 is 3.58. The quantitative estimate of drug-likeness (QED) is 0.561. The number of hydrogen-bond donors (Lipinski definition) is 2. The molecule has 1 unspecified atom stereocenters. The van der Waals surface area contributed by atoms with Gasteiger partial charge in [-0.2, -0.15) is 5.10 Å². The highest BCUT2D eigenvalue weighted by molar-refractivity contribution is 7.26. The van der Waals surface area contributed by atoms with E-state index in [4.69, 9.17) is 5.84 Å². The van der Waals surface area contributed by atoms with Crippen molar-refractivity contribution in [2.45, 2.75) is 25.9 Å². The first-order valence-corrected chi connectivity index (χ1v) is 7.94. The van der Waals surface area contributed by atoms with Gasteiger partial charge >= 0.3 is 0 Å². The van der Waals surface area contributed by atoms with E-state index in [2.05, 4.69) is 41.2 Å². The molecule has 19 heavy (non-hydrogen) atoms. The van der Waals surface area contributed by atoms with Crippen LogP contribution in [0.15, 0.2) is 29.9 Å². The normalized spacial score (nSPS) is 13.2. The predicted molar refractivity (Wildman–Crippen MR) is 81.4 cm³/mol. The molecule has 0 aromatic carbocycles. The van der Waals surface area contributed by atoms with Crippen LogP contribution < -0.4 is 11.3 Å². The van der Waals surface area contributed by atoms with Gasteiger partial charge in [0.25, 0.3) is 0 Å². The van der Waals surface area contributed by atoms with Crippen LogP contribution in [-0.2, 0) is 13.0 Å². The lowest BCUT2D eigenvalue weighted by Crippen LogP contribution is -2.28. The Kier molecular flexibility index (Phi) is 3.65. The molecule has 0 aliphatic heterocycles. The molecule has 3 rings (SSSR count). The summed E-state index contributed by atoms with van der Waals surface area (Å²) in [6.45, 7) is 2.98. The standard InChI is InChI=1S/C13H16N4S2/c1-2-17-8-9(7-15-17)5-10(16-14)12-6-13-11(19-12)3-4-18-13/h3-4,6-8,10,16H,2,5,14H2,1H3. The van der Waals surface area contributed by atoms with E-state index in [0.717, 1.165) is 13.0 Å². The molecule has 0 saturated carbocycles. The van der Waals surface area contributed by atoms with Crippen molar-refractivity contribution in [3.63, 3.8) is 0 Å². The molecule has 3 aromatic heterocycles. The highest BCUT2D eigenvalue weighted by Crippen LogP contribution is 2.34. The van der Waals surface area contributed by atoms with Crippen molar-refractivity contribution in [1.82, 2.24) is 15.2 Å². The Morgan fingerprint density at radius 3 is 3.05 bits per heavy atom. The molecule has 3 aromatic rings. The highest BCUT2D eigenvalue weighted by atomic mass is 32.1. The summed E-state index contributed by atoms with van der Waals surface area (Å²) in [4.78, 5) is 1.29. The number of hydrazine groups is 1. The lowest BCUT2D eigenvalue weighted by Gasteiger charge is -2.12. The van der Waals surface area contributed by atoms with Crippen LogP contribution in [0.4, 0.5) is 0 Å². The van der Waals surface area contributed by atoms with Crippen molar-refractivity contribution in [2.24, 2.45) is 5.84 Å². The predicted octanol–water partition coefficient (Wildman–Crippen LogP) is 2.93. The van der Waals surface area contributed by atoms with Gasteiger partial charge in [0, 0.05) is 27.0 Å². The van der Waals surface area contributed by atoms with Crippen LogP contribution in [0, 0.1) is 0 Å². The Balaban J connectivity index is 1.81.